The lowest BCUT2D eigenvalue weighted by atomic mass is 9.78. The molecule has 1 aromatic carbocycles. The van der Waals surface area contributed by atoms with Crippen molar-refractivity contribution in [3.8, 4) is 0 Å². The van der Waals surface area contributed by atoms with Crippen LogP contribution in [-0.2, 0) is 6.18 Å². The summed E-state index contributed by atoms with van der Waals surface area (Å²) in [6.07, 6.45) is 7.00. The van der Waals surface area contributed by atoms with Crippen molar-refractivity contribution in [1.82, 2.24) is 9.88 Å². The van der Waals surface area contributed by atoms with E-state index in [2.05, 4.69) is 9.88 Å². The molecule has 2 saturated heterocycles. The van der Waals surface area contributed by atoms with Crippen LogP contribution in [0, 0.1) is 16.0 Å². The smallest absolute Gasteiger partial charge is 0.346 e. The molecule has 3 heterocycles. The fourth-order valence-electron chi connectivity index (χ4n) is 6.43. The largest absolute Gasteiger partial charge is 0.416 e. The fourth-order valence-corrected chi connectivity index (χ4v) is 7.52. The van der Waals surface area contributed by atoms with Crippen LogP contribution in [0.15, 0.2) is 16.9 Å². The summed E-state index contributed by atoms with van der Waals surface area (Å²) in [5.74, 6) is 0.712. The first-order valence-electron chi connectivity index (χ1n) is 12.9. The second-order valence-corrected chi connectivity index (χ2v) is 11.6. The Balaban J connectivity index is 1.48. The molecule has 11 heteroatoms. The van der Waals surface area contributed by atoms with Crippen molar-refractivity contribution >= 4 is 32.2 Å². The SMILES string of the molecule is O=c1nc(N2CCCC3(CCCCN3CC3CCCCC3)C2)sc2c([N+](=O)[O-])cc(C(F)(F)F)cc12. The zero-order valence-electron chi connectivity index (χ0n) is 20.2. The van der Waals surface area contributed by atoms with Crippen LogP contribution in [-0.4, -0.2) is 46.5 Å². The third-order valence-electron chi connectivity index (χ3n) is 8.23. The Morgan fingerprint density at radius 3 is 2.56 bits per heavy atom. The maximum Gasteiger partial charge on any atom is 0.416 e. The van der Waals surface area contributed by atoms with Gasteiger partial charge in [0.25, 0.3) is 11.2 Å². The molecule has 196 valence electrons. The standard InChI is InChI=1S/C25H31F3N4O3S/c26-25(27,28)18-13-19-21(20(14-18)32(34)35)36-23(29-22(19)33)30-11-6-10-24(16-30)9-4-5-12-31(24)15-17-7-2-1-3-8-17/h13-14,17H,1-12,15-16H2. The molecule has 0 N–H and O–H groups in total. The molecule has 36 heavy (non-hydrogen) atoms. The van der Waals surface area contributed by atoms with E-state index in [0.29, 0.717) is 36.3 Å². The lowest BCUT2D eigenvalue weighted by molar-refractivity contribution is -0.383. The lowest BCUT2D eigenvalue weighted by Gasteiger charge is -2.53. The van der Waals surface area contributed by atoms with Crippen LogP contribution in [0.25, 0.3) is 10.1 Å². The maximum absolute atomic E-state index is 13.3. The maximum atomic E-state index is 13.3. The minimum atomic E-state index is -4.79. The summed E-state index contributed by atoms with van der Waals surface area (Å²) in [5, 5.41) is 11.7. The van der Waals surface area contributed by atoms with Crippen molar-refractivity contribution < 1.29 is 18.1 Å². The average Bonchev–Trinajstić information content (AvgIpc) is 2.85. The molecule has 3 aliphatic rings. The van der Waals surface area contributed by atoms with Gasteiger partial charge >= 0.3 is 6.18 Å². The van der Waals surface area contributed by atoms with Gasteiger partial charge < -0.3 is 4.90 Å². The molecule has 2 aromatic rings. The van der Waals surface area contributed by atoms with E-state index < -0.39 is 27.9 Å². The molecule has 2 aliphatic heterocycles. The van der Waals surface area contributed by atoms with Gasteiger partial charge in [-0.15, -0.1) is 0 Å². The Morgan fingerprint density at radius 2 is 1.83 bits per heavy atom. The number of fused-ring (bicyclic) bond motifs is 1. The molecule has 0 amide bonds. The van der Waals surface area contributed by atoms with Gasteiger partial charge in [-0.2, -0.15) is 18.2 Å². The molecule has 0 bridgehead atoms. The molecular formula is C25H31F3N4O3S. The summed E-state index contributed by atoms with van der Waals surface area (Å²) in [4.78, 5) is 32.5. The molecule has 0 radical (unpaired) electrons. The van der Waals surface area contributed by atoms with Gasteiger partial charge in [-0.05, 0) is 57.1 Å². The highest BCUT2D eigenvalue weighted by Gasteiger charge is 2.43. The summed E-state index contributed by atoms with van der Waals surface area (Å²) < 4.78 is 39.9. The van der Waals surface area contributed by atoms with Crippen LogP contribution in [0.3, 0.4) is 0 Å². The van der Waals surface area contributed by atoms with Crippen LogP contribution in [0.5, 0.6) is 0 Å². The third kappa shape index (κ3) is 4.96. The second-order valence-electron chi connectivity index (χ2n) is 10.6. The van der Waals surface area contributed by atoms with Crippen molar-refractivity contribution in [2.45, 2.75) is 75.9 Å². The molecule has 1 aromatic heterocycles. The summed E-state index contributed by atoms with van der Waals surface area (Å²) in [6.45, 7) is 3.49. The third-order valence-corrected chi connectivity index (χ3v) is 9.40. The molecule has 7 nitrogen and oxygen atoms in total. The number of halogens is 3. The number of anilines is 1. The van der Waals surface area contributed by atoms with Crippen molar-refractivity contribution in [3.05, 3.63) is 38.2 Å². The van der Waals surface area contributed by atoms with E-state index in [4.69, 9.17) is 0 Å². The van der Waals surface area contributed by atoms with Gasteiger partial charge in [-0.3, -0.25) is 19.8 Å². The fraction of sp³-hybridized carbons (Fsp3) is 0.680. The van der Waals surface area contributed by atoms with Crippen molar-refractivity contribution in [2.75, 3.05) is 31.1 Å². The molecule has 1 spiro atoms. The van der Waals surface area contributed by atoms with E-state index in [1.54, 1.807) is 0 Å². The molecule has 3 fully saturated rings. The van der Waals surface area contributed by atoms with Crippen molar-refractivity contribution in [3.63, 3.8) is 0 Å². The van der Waals surface area contributed by atoms with E-state index in [0.717, 1.165) is 50.1 Å². The number of piperidine rings is 2. The zero-order chi connectivity index (χ0) is 25.5. The van der Waals surface area contributed by atoms with E-state index in [-0.39, 0.29) is 15.6 Å². The summed E-state index contributed by atoms with van der Waals surface area (Å²) in [7, 11) is 0. The highest BCUT2D eigenvalue weighted by atomic mass is 32.1. The number of nitro groups is 1. The van der Waals surface area contributed by atoms with Crippen LogP contribution in [0.2, 0.25) is 0 Å². The monoisotopic (exact) mass is 524 g/mol. The number of non-ortho nitro benzene ring substituents is 1. The van der Waals surface area contributed by atoms with Gasteiger partial charge in [-0.25, -0.2) is 0 Å². The molecule has 1 atom stereocenters. The number of hydrogen-bond donors (Lipinski definition) is 0. The minimum Gasteiger partial charge on any atom is -0.346 e. The molecular weight excluding hydrogens is 493 g/mol. The Morgan fingerprint density at radius 1 is 1.08 bits per heavy atom. The highest BCUT2D eigenvalue weighted by Crippen LogP contribution is 2.42. The lowest BCUT2D eigenvalue weighted by Crippen LogP contribution is -2.61. The topological polar surface area (TPSA) is 79.6 Å². The van der Waals surface area contributed by atoms with Crippen LogP contribution < -0.4 is 10.5 Å². The van der Waals surface area contributed by atoms with Gasteiger partial charge in [0.1, 0.15) is 4.70 Å². The first kappa shape index (κ1) is 25.4. The molecule has 1 saturated carbocycles. The minimum absolute atomic E-state index is 0.0214. The van der Waals surface area contributed by atoms with Crippen LogP contribution >= 0.6 is 11.3 Å². The Bertz CT molecular complexity index is 1190. The zero-order valence-corrected chi connectivity index (χ0v) is 21.0. The Hall–Kier alpha value is -2.27. The predicted molar refractivity (Wildman–Crippen MR) is 134 cm³/mol. The number of likely N-dealkylation sites (tertiary alicyclic amines) is 1. The van der Waals surface area contributed by atoms with Crippen molar-refractivity contribution in [2.24, 2.45) is 5.92 Å². The number of hydrogen-bond acceptors (Lipinski definition) is 7. The van der Waals surface area contributed by atoms with E-state index in [9.17, 15) is 28.1 Å². The van der Waals surface area contributed by atoms with Gasteiger partial charge in [0, 0.05) is 31.2 Å². The predicted octanol–water partition coefficient (Wildman–Crippen LogP) is 5.99. The molecule has 5 rings (SSSR count). The molecule has 1 unspecified atom stereocenters. The summed E-state index contributed by atoms with van der Waals surface area (Å²) in [5.41, 5.74) is -2.78. The first-order chi connectivity index (χ1) is 17.2. The van der Waals surface area contributed by atoms with Crippen molar-refractivity contribution in [1.29, 1.82) is 0 Å². The Kier molecular flexibility index (Phi) is 6.97. The Labute approximate surface area is 211 Å². The number of benzene rings is 1. The first-order valence-corrected chi connectivity index (χ1v) is 13.7. The number of nitro benzene ring substituents is 1. The van der Waals surface area contributed by atoms with E-state index >= 15 is 0 Å². The molecule has 1 aliphatic carbocycles. The number of alkyl halides is 3. The van der Waals surface area contributed by atoms with Gasteiger partial charge in [-0.1, -0.05) is 37.0 Å². The van der Waals surface area contributed by atoms with E-state index in [1.165, 1.54) is 38.5 Å². The number of aromatic nitrogens is 1. The summed E-state index contributed by atoms with van der Waals surface area (Å²) in [6, 6.07) is 1.20. The summed E-state index contributed by atoms with van der Waals surface area (Å²) >= 11 is 0.953. The van der Waals surface area contributed by atoms with E-state index in [1.807, 2.05) is 4.90 Å². The average molecular weight is 525 g/mol. The van der Waals surface area contributed by atoms with Gasteiger partial charge in [0.15, 0.2) is 5.13 Å². The second kappa shape index (κ2) is 9.89. The van der Waals surface area contributed by atoms with Crippen LogP contribution in [0.1, 0.15) is 69.8 Å². The number of nitrogens with zero attached hydrogens (tertiary/aromatic N) is 4. The normalized spacial score (nSPS) is 24.5. The van der Waals surface area contributed by atoms with Crippen LogP contribution in [0.4, 0.5) is 24.0 Å². The quantitative estimate of drug-likeness (QED) is 0.361. The highest BCUT2D eigenvalue weighted by molar-refractivity contribution is 7.22. The van der Waals surface area contributed by atoms with Gasteiger partial charge in [0.2, 0.25) is 0 Å². The van der Waals surface area contributed by atoms with Gasteiger partial charge in [0.05, 0.1) is 15.9 Å². The number of rotatable bonds is 4.